The van der Waals surface area contributed by atoms with Crippen LogP contribution in [0.15, 0.2) is 59.5 Å². The molecule has 0 spiro atoms. The number of aromatic nitrogens is 3. The Morgan fingerprint density at radius 1 is 1.05 bits per heavy atom. The number of fused-ring (bicyclic) bond motifs is 1. The zero-order valence-electron chi connectivity index (χ0n) is 23.0. The van der Waals surface area contributed by atoms with Gasteiger partial charge in [-0.05, 0) is 69.1 Å². The van der Waals surface area contributed by atoms with Gasteiger partial charge in [-0.15, -0.1) is 0 Å². The standard InChI is InChI=1S/C31H36N6O2/c1-21-6-4-7-23(16-21)27-18-24-19-32-31(34-29(24)37(30(27)38)20-26-8-5-15-39-26)33-25-9-10-28(22(2)17-25)36-13-11-35(3)12-14-36/h4,6-7,9-10,16-19,26H,5,8,11-15,20H2,1-3H3,(H,32,33,34)/t26-/m1/s1. The maximum absolute atomic E-state index is 13.8. The molecule has 6 rings (SSSR count). The average Bonchev–Trinajstić information content (AvgIpc) is 3.44. The molecule has 2 aliphatic rings. The third kappa shape index (κ3) is 5.40. The molecule has 202 valence electrons. The Balaban J connectivity index is 1.34. The van der Waals surface area contributed by atoms with E-state index >= 15 is 0 Å². The maximum atomic E-state index is 13.8. The molecule has 0 unspecified atom stereocenters. The van der Waals surface area contributed by atoms with Crippen LogP contribution < -0.4 is 15.8 Å². The number of nitrogens with zero attached hydrogens (tertiary/aromatic N) is 5. The van der Waals surface area contributed by atoms with Gasteiger partial charge in [0.05, 0.1) is 12.6 Å². The largest absolute Gasteiger partial charge is 0.376 e. The maximum Gasteiger partial charge on any atom is 0.260 e. The molecular weight excluding hydrogens is 488 g/mol. The van der Waals surface area contributed by atoms with Gasteiger partial charge in [0.1, 0.15) is 5.65 Å². The van der Waals surface area contributed by atoms with Gasteiger partial charge < -0.3 is 19.9 Å². The summed E-state index contributed by atoms with van der Waals surface area (Å²) in [5.41, 5.74) is 6.64. The first-order valence-electron chi connectivity index (χ1n) is 13.8. The van der Waals surface area contributed by atoms with Crippen molar-refractivity contribution < 1.29 is 4.74 Å². The number of anilines is 3. The van der Waals surface area contributed by atoms with Crippen LogP contribution in [0, 0.1) is 13.8 Å². The number of piperazine rings is 1. The monoisotopic (exact) mass is 524 g/mol. The Bertz CT molecular complexity index is 1550. The highest BCUT2D eigenvalue weighted by atomic mass is 16.5. The first-order chi connectivity index (χ1) is 18.9. The number of ether oxygens (including phenoxy) is 1. The minimum absolute atomic E-state index is 0.00908. The van der Waals surface area contributed by atoms with Crippen molar-refractivity contribution in [2.24, 2.45) is 0 Å². The smallest absolute Gasteiger partial charge is 0.260 e. The van der Waals surface area contributed by atoms with E-state index in [0.717, 1.165) is 67.8 Å². The lowest BCUT2D eigenvalue weighted by Crippen LogP contribution is -2.44. The number of aryl methyl sites for hydroxylation is 2. The normalized spacial score (nSPS) is 18.1. The van der Waals surface area contributed by atoms with E-state index in [2.05, 4.69) is 52.3 Å². The zero-order valence-corrected chi connectivity index (χ0v) is 23.0. The fourth-order valence-corrected chi connectivity index (χ4v) is 5.66. The fourth-order valence-electron chi connectivity index (χ4n) is 5.66. The number of nitrogens with one attached hydrogen (secondary N) is 1. The van der Waals surface area contributed by atoms with E-state index in [1.165, 1.54) is 11.3 Å². The molecule has 8 nitrogen and oxygen atoms in total. The predicted molar refractivity (Wildman–Crippen MR) is 157 cm³/mol. The molecule has 2 saturated heterocycles. The molecule has 0 aliphatic carbocycles. The number of hydrogen-bond donors (Lipinski definition) is 1. The lowest BCUT2D eigenvalue weighted by Gasteiger charge is -2.35. The number of hydrogen-bond acceptors (Lipinski definition) is 7. The molecule has 8 heteroatoms. The molecule has 2 aliphatic heterocycles. The van der Waals surface area contributed by atoms with E-state index in [9.17, 15) is 4.79 Å². The van der Waals surface area contributed by atoms with Crippen LogP contribution in [0.5, 0.6) is 0 Å². The van der Waals surface area contributed by atoms with E-state index < -0.39 is 0 Å². The van der Waals surface area contributed by atoms with Crippen LogP contribution in [-0.2, 0) is 11.3 Å². The SMILES string of the molecule is Cc1cccc(-c2cc3cnc(Nc4ccc(N5CCN(C)CC5)c(C)c4)nc3n(C[C@H]3CCCO3)c2=O)c1. The molecule has 39 heavy (non-hydrogen) atoms. The average molecular weight is 525 g/mol. The Hall–Kier alpha value is -3.75. The second-order valence-corrected chi connectivity index (χ2v) is 10.9. The molecule has 4 aromatic rings. The number of pyridine rings is 1. The molecule has 1 N–H and O–H groups in total. The van der Waals surface area contributed by atoms with Crippen molar-refractivity contribution in [3.05, 3.63) is 76.2 Å². The summed E-state index contributed by atoms with van der Waals surface area (Å²) in [6.45, 7) is 9.61. The molecule has 4 heterocycles. The van der Waals surface area contributed by atoms with Gasteiger partial charge in [-0.1, -0.05) is 29.8 Å². The van der Waals surface area contributed by atoms with E-state index in [0.29, 0.717) is 23.7 Å². The van der Waals surface area contributed by atoms with Crippen LogP contribution in [0.25, 0.3) is 22.2 Å². The van der Waals surface area contributed by atoms with Crippen molar-refractivity contribution in [3.63, 3.8) is 0 Å². The van der Waals surface area contributed by atoms with Gasteiger partial charge in [0, 0.05) is 61.3 Å². The Morgan fingerprint density at radius 3 is 2.64 bits per heavy atom. The Labute approximate surface area is 229 Å². The first kappa shape index (κ1) is 25.5. The molecular formula is C31H36N6O2. The summed E-state index contributed by atoms with van der Waals surface area (Å²) < 4.78 is 7.68. The summed E-state index contributed by atoms with van der Waals surface area (Å²) in [7, 11) is 2.17. The van der Waals surface area contributed by atoms with Crippen LogP contribution in [0.1, 0.15) is 24.0 Å². The summed E-state index contributed by atoms with van der Waals surface area (Å²) >= 11 is 0. The summed E-state index contributed by atoms with van der Waals surface area (Å²) in [6.07, 6.45) is 3.77. The van der Waals surface area contributed by atoms with Gasteiger partial charge in [-0.25, -0.2) is 4.98 Å². The summed E-state index contributed by atoms with van der Waals surface area (Å²) in [5, 5.41) is 4.20. The minimum Gasteiger partial charge on any atom is -0.376 e. The Morgan fingerprint density at radius 2 is 1.90 bits per heavy atom. The predicted octanol–water partition coefficient (Wildman–Crippen LogP) is 4.75. The van der Waals surface area contributed by atoms with Gasteiger partial charge in [0.2, 0.25) is 5.95 Å². The highest BCUT2D eigenvalue weighted by Gasteiger charge is 2.21. The van der Waals surface area contributed by atoms with Crippen molar-refractivity contribution in [1.82, 2.24) is 19.4 Å². The molecule has 0 amide bonds. The Kier molecular flexibility index (Phi) is 7.06. The molecule has 0 saturated carbocycles. The zero-order chi connectivity index (χ0) is 26.9. The highest BCUT2D eigenvalue weighted by Crippen LogP contribution is 2.27. The number of rotatable bonds is 6. The topological polar surface area (TPSA) is 75.5 Å². The summed E-state index contributed by atoms with van der Waals surface area (Å²) in [4.78, 5) is 28.1. The van der Waals surface area contributed by atoms with Crippen molar-refractivity contribution in [2.45, 2.75) is 39.3 Å². The molecule has 2 fully saturated rings. The van der Waals surface area contributed by atoms with Crippen molar-refractivity contribution >= 4 is 28.4 Å². The van der Waals surface area contributed by atoms with E-state index in [4.69, 9.17) is 9.72 Å². The van der Waals surface area contributed by atoms with E-state index in [1.54, 1.807) is 10.8 Å². The van der Waals surface area contributed by atoms with Gasteiger partial charge >= 0.3 is 0 Å². The summed E-state index contributed by atoms with van der Waals surface area (Å²) in [6, 6.07) is 16.4. The van der Waals surface area contributed by atoms with Crippen LogP contribution in [-0.4, -0.2) is 65.4 Å². The molecule has 2 aromatic carbocycles. The van der Waals surface area contributed by atoms with Crippen LogP contribution in [0.4, 0.5) is 17.3 Å². The van der Waals surface area contributed by atoms with Gasteiger partial charge in [0.25, 0.3) is 5.56 Å². The second-order valence-electron chi connectivity index (χ2n) is 10.9. The molecule has 0 bridgehead atoms. The quantitative estimate of drug-likeness (QED) is 0.390. The van der Waals surface area contributed by atoms with E-state index in [1.807, 2.05) is 37.3 Å². The fraction of sp³-hybridized carbons (Fsp3) is 0.387. The third-order valence-corrected chi connectivity index (χ3v) is 7.86. The lowest BCUT2D eigenvalue weighted by atomic mass is 10.0. The third-order valence-electron chi connectivity index (χ3n) is 7.86. The number of benzene rings is 2. The molecule has 2 aromatic heterocycles. The second kappa shape index (κ2) is 10.8. The highest BCUT2D eigenvalue weighted by molar-refractivity contribution is 5.82. The van der Waals surface area contributed by atoms with Crippen molar-refractivity contribution in [2.75, 3.05) is 50.1 Å². The van der Waals surface area contributed by atoms with Crippen LogP contribution >= 0.6 is 0 Å². The van der Waals surface area contributed by atoms with Crippen LogP contribution in [0.2, 0.25) is 0 Å². The molecule has 0 radical (unpaired) electrons. The van der Waals surface area contributed by atoms with Crippen molar-refractivity contribution in [3.8, 4) is 11.1 Å². The molecule has 1 atom stereocenters. The van der Waals surface area contributed by atoms with Gasteiger partial charge in [-0.2, -0.15) is 4.98 Å². The van der Waals surface area contributed by atoms with Crippen molar-refractivity contribution in [1.29, 1.82) is 0 Å². The summed E-state index contributed by atoms with van der Waals surface area (Å²) in [5.74, 6) is 0.470. The lowest BCUT2D eigenvalue weighted by molar-refractivity contribution is 0.0971. The van der Waals surface area contributed by atoms with E-state index in [-0.39, 0.29) is 11.7 Å². The van der Waals surface area contributed by atoms with Gasteiger partial charge in [0.15, 0.2) is 0 Å². The van der Waals surface area contributed by atoms with Gasteiger partial charge in [-0.3, -0.25) is 9.36 Å². The first-order valence-corrected chi connectivity index (χ1v) is 13.8. The van der Waals surface area contributed by atoms with Crippen LogP contribution in [0.3, 0.4) is 0 Å². The number of likely N-dealkylation sites (N-methyl/N-ethyl adjacent to an activating group) is 1. The minimum atomic E-state index is -0.0550.